The summed E-state index contributed by atoms with van der Waals surface area (Å²) >= 11 is 0. The number of nitrogens with zero attached hydrogens (tertiary/aromatic N) is 5. The quantitative estimate of drug-likeness (QED) is 0.372. The van der Waals surface area contributed by atoms with Gasteiger partial charge in [0.1, 0.15) is 5.82 Å². The maximum Gasteiger partial charge on any atom is 0.223 e. The van der Waals surface area contributed by atoms with Gasteiger partial charge in [0.25, 0.3) is 0 Å². The summed E-state index contributed by atoms with van der Waals surface area (Å²) in [4.78, 5) is 15.8. The van der Waals surface area contributed by atoms with E-state index in [9.17, 15) is 8.78 Å². The summed E-state index contributed by atoms with van der Waals surface area (Å²) in [5.74, 6) is 0.778. The minimum absolute atomic E-state index is 0.166. The van der Waals surface area contributed by atoms with Gasteiger partial charge in [0.15, 0.2) is 6.30 Å². The molecular weight excluding hydrogens is 448 g/mol. The molecule has 7 nitrogen and oxygen atoms in total. The summed E-state index contributed by atoms with van der Waals surface area (Å²) in [5, 5.41) is 11.8. The molecule has 2 aromatic heterocycles. The van der Waals surface area contributed by atoms with Crippen molar-refractivity contribution in [2.24, 2.45) is 0 Å². The van der Waals surface area contributed by atoms with Crippen LogP contribution in [-0.4, -0.2) is 44.4 Å². The first kappa shape index (κ1) is 22.9. The van der Waals surface area contributed by atoms with Gasteiger partial charge in [0.05, 0.1) is 22.4 Å². The van der Waals surface area contributed by atoms with E-state index < -0.39 is 6.30 Å². The fourth-order valence-electron chi connectivity index (χ4n) is 4.59. The largest absolute Gasteiger partial charge is 0.351 e. The van der Waals surface area contributed by atoms with Crippen LogP contribution in [0.3, 0.4) is 0 Å². The van der Waals surface area contributed by atoms with Crippen molar-refractivity contribution < 1.29 is 8.78 Å². The molecule has 0 bridgehead atoms. The SMILES string of the molecule is Cc1nc(NC2CCN(c3nc4ccccc4n3C(C)F)CC2)ncc1C(=N)c1cccc(F)c1. The second-order valence-corrected chi connectivity index (χ2v) is 8.83. The second-order valence-electron chi connectivity index (χ2n) is 8.83. The van der Waals surface area contributed by atoms with E-state index in [1.54, 1.807) is 22.9 Å². The third kappa shape index (κ3) is 4.58. The number of aromatic nitrogens is 4. The van der Waals surface area contributed by atoms with Gasteiger partial charge in [-0.15, -0.1) is 0 Å². The predicted octanol–water partition coefficient (Wildman–Crippen LogP) is 5.26. The number of hydrogen-bond acceptors (Lipinski definition) is 6. The van der Waals surface area contributed by atoms with Crippen molar-refractivity contribution in [3.63, 3.8) is 0 Å². The normalized spacial score (nSPS) is 15.4. The topological polar surface area (TPSA) is 82.7 Å². The van der Waals surface area contributed by atoms with E-state index in [0.717, 1.165) is 37.0 Å². The van der Waals surface area contributed by atoms with Crippen LogP contribution in [0.25, 0.3) is 11.0 Å². The third-order valence-corrected chi connectivity index (χ3v) is 6.41. The molecular formula is C26H27F2N7. The number of aryl methyl sites for hydroxylation is 1. The van der Waals surface area contributed by atoms with Gasteiger partial charge >= 0.3 is 0 Å². The summed E-state index contributed by atoms with van der Waals surface area (Å²) in [5.41, 5.74) is 3.48. The molecule has 180 valence electrons. The number of piperidine rings is 1. The van der Waals surface area contributed by atoms with E-state index in [2.05, 4.69) is 20.2 Å². The van der Waals surface area contributed by atoms with Gasteiger partial charge in [-0.05, 0) is 51.0 Å². The number of fused-ring (bicyclic) bond motifs is 1. The van der Waals surface area contributed by atoms with Crippen LogP contribution >= 0.6 is 0 Å². The highest BCUT2D eigenvalue weighted by atomic mass is 19.1. The first-order chi connectivity index (χ1) is 16.9. The zero-order valence-corrected chi connectivity index (χ0v) is 19.7. The number of rotatable bonds is 6. The molecule has 0 radical (unpaired) electrons. The molecule has 0 spiro atoms. The number of halogens is 2. The van der Waals surface area contributed by atoms with Gasteiger partial charge in [0.2, 0.25) is 11.9 Å². The van der Waals surface area contributed by atoms with Gasteiger partial charge in [-0.1, -0.05) is 24.3 Å². The smallest absolute Gasteiger partial charge is 0.223 e. The number of hydrogen-bond donors (Lipinski definition) is 2. The Bertz CT molecular complexity index is 1370. The lowest BCUT2D eigenvalue weighted by Crippen LogP contribution is -2.40. The van der Waals surface area contributed by atoms with Crippen LogP contribution in [-0.2, 0) is 0 Å². The Balaban J connectivity index is 1.26. The fraction of sp³-hybridized carbons (Fsp3) is 0.308. The van der Waals surface area contributed by atoms with E-state index in [0.29, 0.717) is 28.7 Å². The van der Waals surface area contributed by atoms with Gasteiger partial charge in [0, 0.05) is 36.5 Å². The van der Waals surface area contributed by atoms with Crippen molar-refractivity contribution >= 4 is 28.6 Å². The van der Waals surface area contributed by atoms with Crippen LogP contribution in [0.4, 0.5) is 20.7 Å². The first-order valence-electron chi connectivity index (χ1n) is 11.7. The van der Waals surface area contributed by atoms with Crippen molar-refractivity contribution in [1.29, 1.82) is 5.41 Å². The number of alkyl halides is 1. The molecule has 5 rings (SSSR count). The molecule has 0 saturated carbocycles. The molecule has 35 heavy (non-hydrogen) atoms. The lowest BCUT2D eigenvalue weighted by atomic mass is 10.0. The van der Waals surface area contributed by atoms with Crippen molar-refractivity contribution in [2.75, 3.05) is 23.3 Å². The second kappa shape index (κ2) is 9.40. The molecule has 3 heterocycles. The zero-order chi connectivity index (χ0) is 24.5. The van der Waals surface area contributed by atoms with E-state index in [1.807, 2.05) is 31.2 Å². The number of benzene rings is 2. The van der Waals surface area contributed by atoms with E-state index in [-0.39, 0.29) is 17.6 Å². The molecule has 0 aliphatic carbocycles. The zero-order valence-electron chi connectivity index (χ0n) is 19.7. The van der Waals surface area contributed by atoms with E-state index in [4.69, 9.17) is 10.4 Å². The predicted molar refractivity (Wildman–Crippen MR) is 134 cm³/mol. The molecule has 1 aliphatic rings. The van der Waals surface area contributed by atoms with Gasteiger partial charge in [-0.2, -0.15) is 0 Å². The van der Waals surface area contributed by atoms with Crippen molar-refractivity contribution in [1.82, 2.24) is 19.5 Å². The highest BCUT2D eigenvalue weighted by Gasteiger charge is 2.26. The van der Waals surface area contributed by atoms with Crippen LogP contribution in [0.5, 0.6) is 0 Å². The minimum Gasteiger partial charge on any atom is -0.351 e. The lowest BCUT2D eigenvalue weighted by molar-refractivity contribution is 0.274. The molecule has 1 saturated heterocycles. The lowest BCUT2D eigenvalue weighted by Gasteiger charge is -2.33. The number of imidazole rings is 1. The van der Waals surface area contributed by atoms with Crippen LogP contribution < -0.4 is 10.2 Å². The summed E-state index contributed by atoms with van der Waals surface area (Å²) in [7, 11) is 0. The summed E-state index contributed by atoms with van der Waals surface area (Å²) < 4.78 is 29.7. The van der Waals surface area contributed by atoms with Crippen LogP contribution in [0.1, 0.15) is 42.9 Å². The molecule has 4 aromatic rings. The molecule has 2 aromatic carbocycles. The van der Waals surface area contributed by atoms with Crippen molar-refractivity contribution in [3.8, 4) is 0 Å². The molecule has 2 N–H and O–H groups in total. The first-order valence-corrected chi connectivity index (χ1v) is 11.7. The Morgan fingerprint density at radius 2 is 1.89 bits per heavy atom. The standard InChI is InChI=1S/C26H27F2N7/c1-16-21(24(29)18-6-5-7-19(28)14-18)15-30-25(31-16)32-20-10-12-34(13-11-20)26-33-22-8-3-4-9-23(22)35(26)17(2)27/h3-9,14-15,17,20,29H,10-13H2,1-2H3,(H,30,31,32). The van der Waals surface area contributed by atoms with Gasteiger partial charge < -0.3 is 10.2 Å². The molecule has 1 aliphatic heterocycles. The average Bonchev–Trinajstić information content (AvgIpc) is 3.24. The Labute approximate surface area is 202 Å². The summed E-state index contributed by atoms with van der Waals surface area (Å²) in [6.07, 6.45) is 2.09. The van der Waals surface area contributed by atoms with Crippen molar-refractivity contribution in [3.05, 3.63) is 77.4 Å². The minimum atomic E-state index is -1.17. The fourth-order valence-corrected chi connectivity index (χ4v) is 4.59. The average molecular weight is 476 g/mol. The Hall–Kier alpha value is -3.88. The Morgan fingerprint density at radius 1 is 1.11 bits per heavy atom. The summed E-state index contributed by atoms with van der Waals surface area (Å²) in [6.45, 7) is 4.81. The van der Waals surface area contributed by atoms with Crippen molar-refractivity contribution in [2.45, 2.75) is 39.0 Å². The molecule has 9 heteroatoms. The Kier molecular flexibility index (Phi) is 6.15. The van der Waals surface area contributed by atoms with E-state index in [1.165, 1.54) is 19.1 Å². The monoisotopic (exact) mass is 475 g/mol. The van der Waals surface area contributed by atoms with Gasteiger partial charge in [-0.3, -0.25) is 9.98 Å². The van der Waals surface area contributed by atoms with Crippen LogP contribution in [0, 0.1) is 18.2 Å². The maximum atomic E-state index is 14.5. The summed E-state index contributed by atoms with van der Waals surface area (Å²) in [6, 6.07) is 13.7. The molecule has 0 amide bonds. The Morgan fingerprint density at radius 3 is 2.60 bits per heavy atom. The number of nitrogens with one attached hydrogen (secondary N) is 2. The molecule has 1 atom stereocenters. The molecule has 1 unspecified atom stereocenters. The van der Waals surface area contributed by atoms with E-state index >= 15 is 0 Å². The molecule has 1 fully saturated rings. The highest BCUT2D eigenvalue weighted by Crippen LogP contribution is 2.29. The third-order valence-electron chi connectivity index (χ3n) is 6.41. The maximum absolute atomic E-state index is 14.5. The van der Waals surface area contributed by atoms with Crippen LogP contribution in [0.2, 0.25) is 0 Å². The number of para-hydroxylation sites is 2. The highest BCUT2D eigenvalue weighted by molar-refractivity contribution is 6.11. The van der Waals surface area contributed by atoms with Crippen LogP contribution in [0.15, 0.2) is 54.7 Å². The number of anilines is 2. The van der Waals surface area contributed by atoms with Gasteiger partial charge in [-0.25, -0.2) is 23.7 Å².